The van der Waals surface area contributed by atoms with E-state index >= 15 is 0 Å². The van der Waals surface area contributed by atoms with Gasteiger partial charge < -0.3 is 26.1 Å². The van der Waals surface area contributed by atoms with Gasteiger partial charge in [-0.3, -0.25) is 14.5 Å². The molecule has 5 N–H and O–H groups in total. The average Bonchev–Trinajstić information content (AvgIpc) is 3.50. The average molecular weight is 632 g/mol. The second-order valence-electron chi connectivity index (χ2n) is 9.94. The van der Waals surface area contributed by atoms with Crippen LogP contribution in [0, 0.1) is 0 Å². The molecule has 0 spiro atoms. The summed E-state index contributed by atoms with van der Waals surface area (Å²) < 4.78 is 2.00. The Labute approximate surface area is 269 Å². The number of aliphatic carboxylic acids is 2. The minimum atomic E-state index is -1.74. The van der Waals surface area contributed by atoms with E-state index in [1.54, 1.807) is 11.3 Å². The third kappa shape index (κ3) is 6.32. The van der Waals surface area contributed by atoms with Crippen molar-refractivity contribution in [2.24, 2.45) is 5.16 Å². The molecular formula is C24H28N6NaO7S3+. The van der Waals surface area contributed by atoms with Crippen LogP contribution >= 0.6 is 34.4 Å². The fraction of sp³-hybridized carbons (Fsp3) is 0.458. The summed E-state index contributed by atoms with van der Waals surface area (Å²) in [7, 11) is 0. The standard InChI is InChI=1S/C24H26N6O7S3.Na.H/c1-24(2,22(35)36)37-28-17(12-9-38-23(25)26-12)19(32)27-20-11(8-29-10-39-14-6-4-3-5-13(14)29)18(21(33)34)30-15(31)7-16(30)40-20;;/h9-10,16,20H,3-8H2,1-2H3,(H4-,25,26,27,32,33,34,35,36);;/p+1/b28-17-;;/t16-,20?;;/m1../s1. The molecule has 1 unspecified atom stereocenters. The molecule has 1 saturated heterocycles. The zero-order valence-corrected chi connectivity index (χ0v) is 24.0. The molecule has 3 aliphatic rings. The number of carbonyl (C=O) groups excluding carboxylic acids is 2. The van der Waals surface area contributed by atoms with E-state index in [0.29, 0.717) is 5.57 Å². The second-order valence-corrected chi connectivity index (χ2v) is 13.1. The van der Waals surface area contributed by atoms with Crippen molar-refractivity contribution in [3.63, 3.8) is 0 Å². The summed E-state index contributed by atoms with van der Waals surface area (Å²) in [6.07, 6.45) is 4.09. The van der Waals surface area contributed by atoms with E-state index in [4.69, 9.17) is 10.6 Å². The minimum absolute atomic E-state index is 0. The predicted molar refractivity (Wildman–Crippen MR) is 154 cm³/mol. The molecule has 0 radical (unpaired) electrons. The molecule has 17 heteroatoms. The second kappa shape index (κ2) is 12.4. The predicted octanol–water partition coefficient (Wildman–Crippen LogP) is 0.675. The van der Waals surface area contributed by atoms with Gasteiger partial charge in [0.1, 0.15) is 16.8 Å². The first kappa shape index (κ1) is 31.4. The number of anilines is 1. The maximum atomic E-state index is 13.6. The van der Waals surface area contributed by atoms with E-state index in [2.05, 4.69) is 15.5 Å². The number of nitrogens with two attached hydrogens (primary N) is 1. The van der Waals surface area contributed by atoms with Gasteiger partial charge in [0, 0.05) is 11.8 Å². The summed E-state index contributed by atoms with van der Waals surface area (Å²) in [5.74, 6) is -3.61. The van der Waals surface area contributed by atoms with Crippen molar-refractivity contribution in [3.8, 4) is 0 Å². The molecule has 0 saturated carbocycles. The number of rotatable bonds is 9. The number of aryl methyl sites for hydroxylation is 1. The monoisotopic (exact) mass is 631 g/mol. The topological polar surface area (TPSA) is 188 Å². The zero-order chi connectivity index (χ0) is 28.8. The van der Waals surface area contributed by atoms with Crippen molar-refractivity contribution < 1.29 is 38.8 Å². The van der Waals surface area contributed by atoms with Crippen LogP contribution in [-0.4, -0.2) is 95.5 Å². The van der Waals surface area contributed by atoms with Crippen molar-refractivity contribution in [2.75, 3.05) is 5.73 Å². The van der Waals surface area contributed by atoms with Crippen LogP contribution in [0.25, 0.3) is 0 Å². The Bertz CT molecular complexity index is 1470. The molecule has 2 aromatic heterocycles. The number of carboxylic acids is 2. The molecule has 4 heterocycles. The third-order valence-electron chi connectivity index (χ3n) is 6.78. The Balaban J connectivity index is 0.00000387. The maximum absolute atomic E-state index is 13.6. The first-order valence-electron chi connectivity index (χ1n) is 12.4. The van der Waals surface area contributed by atoms with Crippen molar-refractivity contribution in [1.29, 1.82) is 0 Å². The number of amides is 2. The van der Waals surface area contributed by atoms with E-state index in [0.717, 1.165) is 42.7 Å². The molecule has 2 aliphatic heterocycles. The number of nitrogens with one attached hydrogen (secondary N) is 1. The van der Waals surface area contributed by atoms with Gasteiger partial charge in [0.25, 0.3) is 5.91 Å². The van der Waals surface area contributed by atoms with Crippen LogP contribution in [-0.2, 0) is 43.4 Å². The van der Waals surface area contributed by atoms with Gasteiger partial charge >= 0.3 is 41.5 Å². The number of thioether (sulfide) groups is 1. The molecule has 13 nitrogen and oxygen atoms in total. The van der Waals surface area contributed by atoms with E-state index in [1.807, 2.05) is 10.1 Å². The van der Waals surface area contributed by atoms with Crippen LogP contribution in [0.5, 0.6) is 0 Å². The molecule has 214 valence electrons. The van der Waals surface area contributed by atoms with Crippen molar-refractivity contribution in [2.45, 2.75) is 68.8 Å². The number of carboxylic acid groups (broad SMARTS) is 2. The fourth-order valence-corrected chi connectivity index (χ4v) is 7.63. The number of oxime groups is 1. The fourth-order valence-electron chi connectivity index (χ4n) is 4.59. The SMILES string of the molecule is CC(C)(O/N=C(\C(=O)NC1S[C@@H]2CC(=O)N2C(C(=O)O)=C1C[n+]1csc2c1CCCC2)c1csc(N)n1)C(=O)O.[NaH]. The van der Waals surface area contributed by atoms with Crippen LogP contribution in [0.15, 0.2) is 27.3 Å². The Kier molecular flexibility index (Phi) is 9.50. The summed E-state index contributed by atoms with van der Waals surface area (Å²) in [4.78, 5) is 61.9. The number of aromatic nitrogens is 2. The quantitative estimate of drug-likeness (QED) is 0.101. The number of nitrogens with zero attached hydrogens (tertiary/aromatic N) is 4. The van der Waals surface area contributed by atoms with Crippen LogP contribution < -0.4 is 15.6 Å². The first-order chi connectivity index (χ1) is 19.0. The molecule has 0 bridgehead atoms. The van der Waals surface area contributed by atoms with Crippen molar-refractivity contribution in [1.82, 2.24) is 15.2 Å². The van der Waals surface area contributed by atoms with Gasteiger partial charge in [-0.2, -0.15) is 4.57 Å². The van der Waals surface area contributed by atoms with E-state index in [1.165, 1.54) is 40.8 Å². The van der Waals surface area contributed by atoms with Gasteiger partial charge in [-0.15, -0.1) is 23.1 Å². The molecule has 2 aromatic rings. The van der Waals surface area contributed by atoms with E-state index < -0.39 is 34.2 Å². The summed E-state index contributed by atoms with van der Waals surface area (Å²) in [6.45, 7) is 2.73. The van der Waals surface area contributed by atoms with Gasteiger partial charge in [-0.25, -0.2) is 14.6 Å². The molecule has 0 aromatic carbocycles. The summed E-state index contributed by atoms with van der Waals surface area (Å²) in [5, 5.41) is 26.6. The number of hydrogen-bond donors (Lipinski definition) is 4. The Hall–Kier alpha value is -2.50. The van der Waals surface area contributed by atoms with Crippen molar-refractivity contribution >= 4 is 98.6 Å². The molecule has 2 atom stereocenters. The van der Waals surface area contributed by atoms with E-state index in [-0.39, 0.29) is 70.7 Å². The summed E-state index contributed by atoms with van der Waals surface area (Å²) >= 11 is 3.93. The van der Waals surface area contributed by atoms with Crippen LogP contribution in [0.3, 0.4) is 0 Å². The molecule has 41 heavy (non-hydrogen) atoms. The molecule has 1 aliphatic carbocycles. The zero-order valence-electron chi connectivity index (χ0n) is 21.6. The van der Waals surface area contributed by atoms with Crippen LogP contribution in [0.4, 0.5) is 5.13 Å². The Morgan fingerprint density at radius 2 is 2.00 bits per heavy atom. The molecule has 1 fully saturated rings. The van der Waals surface area contributed by atoms with Gasteiger partial charge in [0.05, 0.1) is 22.2 Å². The van der Waals surface area contributed by atoms with Crippen LogP contribution in [0.1, 0.15) is 49.4 Å². The first-order valence-corrected chi connectivity index (χ1v) is 15.1. The van der Waals surface area contributed by atoms with E-state index in [9.17, 15) is 29.4 Å². The van der Waals surface area contributed by atoms with Gasteiger partial charge in [-0.1, -0.05) is 16.5 Å². The molecular weight excluding hydrogens is 603 g/mol. The molecule has 2 amide bonds. The number of fused-ring (bicyclic) bond motifs is 2. The number of nitrogen functional groups attached to an aromatic ring is 1. The van der Waals surface area contributed by atoms with Crippen LogP contribution in [0.2, 0.25) is 0 Å². The Morgan fingerprint density at radius 1 is 1.27 bits per heavy atom. The van der Waals surface area contributed by atoms with Crippen molar-refractivity contribution in [3.05, 3.63) is 38.4 Å². The van der Waals surface area contributed by atoms with Gasteiger partial charge in [-0.05, 0) is 33.1 Å². The third-order valence-corrected chi connectivity index (χ3v) is 9.91. The normalized spacial score (nSPS) is 20.4. The number of carbonyl (C=O) groups is 4. The van der Waals surface area contributed by atoms with Gasteiger partial charge in [0.15, 0.2) is 23.1 Å². The van der Waals surface area contributed by atoms with Gasteiger partial charge in [0.2, 0.25) is 17.0 Å². The summed E-state index contributed by atoms with van der Waals surface area (Å²) in [6, 6.07) is 0. The number of β-lactam (4-membered cyclic amide) rings is 1. The summed E-state index contributed by atoms with van der Waals surface area (Å²) in [5.41, 5.74) is 7.07. The molecule has 5 rings (SSSR count). The number of thiazole rings is 2. The Morgan fingerprint density at radius 3 is 2.63 bits per heavy atom. The number of hydrogen-bond acceptors (Lipinski definition) is 11.